The molecule has 0 saturated carbocycles. The molecular formula is C18H16BrF2NO2. The van der Waals surface area contributed by atoms with Crippen LogP contribution in [-0.4, -0.2) is 12.5 Å². The number of rotatable bonds is 6. The summed E-state index contributed by atoms with van der Waals surface area (Å²) in [5, 5.41) is 2.81. The maximum absolute atomic E-state index is 12.4. The highest BCUT2D eigenvalue weighted by molar-refractivity contribution is 9.10. The highest BCUT2D eigenvalue weighted by Gasteiger charge is 2.10. The summed E-state index contributed by atoms with van der Waals surface area (Å²) in [6.45, 7) is -1.06. The van der Waals surface area contributed by atoms with Crippen LogP contribution in [0.4, 0.5) is 8.78 Å². The van der Waals surface area contributed by atoms with E-state index >= 15 is 0 Å². The SMILES string of the molecule is C[C@H](NC(=O)/C=C/c1cc(Br)ccc1OC(F)F)c1ccccc1. The van der Waals surface area contributed by atoms with E-state index in [0.717, 1.165) is 5.56 Å². The molecule has 2 aromatic carbocycles. The van der Waals surface area contributed by atoms with Crippen molar-refractivity contribution in [3.8, 4) is 5.75 Å². The number of benzene rings is 2. The van der Waals surface area contributed by atoms with E-state index in [1.807, 2.05) is 37.3 Å². The Morgan fingerprint density at radius 3 is 2.58 bits per heavy atom. The second kappa shape index (κ2) is 8.59. The Labute approximate surface area is 147 Å². The summed E-state index contributed by atoms with van der Waals surface area (Å²) in [6, 6.07) is 14.0. The molecule has 0 aliphatic carbocycles. The fraction of sp³-hybridized carbons (Fsp3) is 0.167. The number of ether oxygens (including phenoxy) is 1. The molecule has 0 heterocycles. The monoisotopic (exact) mass is 395 g/mol. The fourth-order valence-corrected chi connectivity index (χ4v) is 2.48. The second-order valence-electron chi connectivity index (χ2n) is 5.03. The Bertz CT molecular complexity index is 720. The van der Waals surface area contributed by atoms with Crippen LogP contribution in [0.25, 0.3) is 6.08 Å². The second-order valence-corrected chi connectivity index (χ2v) is 5.95. The zero-order valence-corrected chi connectivity index (χ0v) is 14.5. The molecule has 0 aromatic heterocycles. The van der Waals surface area contributed by atoms with Gasteiger partial charge in [-0.3, -0.25) is 4.79 Å². The first-order valence-electron chi connectivity index (χ1n) is 7.23. The summed E-state index contributed by atoms with van der Waals surface area (Å²) in [6.07, 6.45) is 2.73. The van der Waals surface area contributed by atoms with Gasteiger partial charge < -0.3 is 10.1 Å². The van der Waals surface area contributed by atoms with Crippen molar-refractivity contribution in [3.63, 3.8) is 0 Å². The molecule has 3 nitrogen and oxygen atoms in total. The number of carbonyl (C=O) groups excluding carboxylic acids is 1. The number of hydrogen-bond donors (Lipinski definition) is 1. The molecule has 126 valence electrons. The zero-order valence-electron chi connectivity index (χ0n) is 12.9. The van der Waals surface area contributed by atoms with Crippen molar-refractivity contribution in [2.45, 2.75) is 19.6 Å². The molecule has 2 rings (SSSR count). The molecule has 1 amide bonds. The molecule has 1 atom stereocenters. The Morgan fingerprint density at radius 2 is 1.92 bits per heavy atom. The van der Waals surface area contributed by atoms with E-state index < -0.39 is 6.61 Å². The molecule has 6 heteroatoms. The van der Waals surface area contributed by atoms with Crippen molar-refractivity contribution < 1.29 is 18.3 Å². The Balaban J connectivity index is 2.07. The van der Waals surface area contributed by atoms with Gasteiger partial charge in [-0.2, -0.15) is 8.78 Å². The highest BCUT2D eigenvalue weighted by atomic mass is 79.9. The van der Waals surface area contributed by atoms with Gasteiger partial charge in [0, 0.05) is 16.1 Å². The third kappa shape index (κ3) is 5.45. The van der Waals surface area contributed by atoms with Crippen LogP contribution in [0.5, 0.6) is 5.75 Å². The van der Waals surface area contributed by atoms with E-state index in [1.165, 1.54) is 18.2 Å². The van der Waals surface area contributed by atoms with Crippen LogP contribution >= 0.6 is 15.9 Å². The average Bonchev–Trinajstić information content (AvgIpc) is 2.55. The molecule has 0 radical (unpaired) electrons. The van der Waals surface area contributed by atoms with Gasteiger partial charge in [-0.1, -0.05) is 46.3 Å². The molecule has 0 spiro atoms. The van der Waals surface area contributed by atoms with Crippen molar-refractivity contribution in [2.75, 3.05) is 0 Å². The van der Waals surface area contributed by atoms with Crippen molar-refractivity contribution in [1.82, 2.24) is 5.32 Å². The lowest BCUT2D eigenvalue weighted by Crippen LogP contribution is -2.24. The van der Waals surface area contributed by atoms with Gasteiger partial charge in [0.2, 0.25) is 5.91 Å². The van der Waals surface area contributed by atoms with E-state index in [1.54, 1.807) is 12.1 Å². The minimum Gasteiger partial charge on any atom is -0.434 e. The van der Waals surface area contributed by atoms with E-state index in [9.17, 15) is 13.6 Å². The summed E-state index contributed by atoms with van der Waals surface area (Å²) < 4.78 is 30.0. The molecule has 0 aliphatic heterocycles. The van der Waals surface area contributed by atoms with Crippen molar-refractivity contribution >= 4 is 27.9 Å². The van der Waals surface area contributed by atoms with E-state index in [-0.39, 0.29) is 17.7 Å². The Kier molecular flexibility index (Phi) is 6.49. The summed E-state index contributed by atoms with van der Waals surface area (Å²) in [4.78, 5) is 12.0. The number of alkyl halides is 2. The first-order chi connectivity index (χ1) is 11.5. The quantitative estimate of drug-likeness (QED) is 0.703. The van der Waals surface area contributed by atoms with Crippen LogP contribution in [0.15, 0.2) is 59.1 Å². The van der Waals surface area contributed by atoms with Crippen LogP contribution < -0.4 is 10.1 Å². The topological polar surface area (TPSA) is 38.3 Å². The van der Waals surface area contributed by atoms with Gasteiger partial charge in [0.25, 0.3) is 0 Å². The number of nitrogens with one attached hydrogen (secondary N) is 1. The first kappa shape index (κ1) is 18.1. The lowest BCUT2D eigenvalue weighted by molar-refractivity contribution is -0.117. The minimum absolute atomic E-state index is 0.00774. The van der Waals surface area contributed by atoms with Crippen LogP contribution in [0.1, 0.15) is 24.1 Å². The van der Waals surface area contributed by atoms with Crippen molar-refractivity contribution in [3.05, 3.63) is 70.2 Å². The smallest absolute Gasteiger partial charge is 0.387 e. The number of halogens is 3. The Morgan fingerprint density at radius 1 is 1.21 bits per heavy atom. The van der Waals surface area contributed by atoms with Crippen LogP contribution in [-0.2, 0) is 4.79 Å². The molecule has 0 saturated heterocycles. The number of amides is 1. The third-order valence-corrected chi connectivity index (χ3v) is 3.75. The molecule has 2 aromatic rings. The predicted molar refractivity (Wildman–Crippen MR) is 92.8 cm³/mol. The summed E-state index contributed by atoms with van der Waals surface area (Å²) in [5.41, 5.74) is 1.36. The van der Waals surface area contributed by atoms with Crippen molar-refractivity contribution in [1.29, 1.82) is 0 Å². The predicted octanol–water partition coefficient (Wildman–Crippen LogP) is 4.94. The standard InChI is InChI=1S/C18H16BrF2NO2/c1-12(13-5-3-2-4-6-13)22-17(23)10-7-14-11-15(19)8-9-16(14)24-18(20)21/h2-12,18H,1H3,(H,22,23)/b10-7+/t12-/m0/s1. The average molecular weight is 396 g/mol. The molecule has 24 heavy (non-hydrogen) atoms. The minimum atomic E-state index is -2.93. The van der Waals surface area contributed by atoms with Gasteiger partial charge in [0.1, 0.15) is 5.75 Å². The normalized spacial score (nSPS) is 12.4. The first-order valence-corrected chi connectivity index (χ1v) is 8.03. The highest BCUT2D eigenvalue weighted by Crippen LogP contribution is 2.26. The molecular weight excluding hydrogens is 380 g/mol. The van der Waals surface area contributed by atoms with Gasteiger partial charge in [-0.05, 0) is 36.8 Å². The fourth-order valence-electron chi connectivity index (χ4n) is 2.10. The summed E-state index contributed by atoms with van der Waals surface area (Å²) in [5.74, 6) is -0.317. The van der Waals surface area contributed by atoms with Gasteiger partial charge >= 0.3 is 6.61 Å². The molecule has 0 aliphatic rings. The lowest BCUT2D eigenvalue weighted by Gasteiger charge is -2.12. The Hall–Kier alpha value is -2.21. The van der Waals surface area contributed by atoms with E-state index in [2.05, 4.69) is 26.0 Å². The number of carbonyl (C=O) groups is 1. The summed E-state index contributed by atoms with van der Waals surface area (Å²) in [7, 11) is 0. The van der Waals surface area contributed by atoms with Gasteiger partial charge in [0.15, 0.2) is 0 Å². The van der Waals surface area contributed by atoms with Gasteiger partial charge in [-0.25, -0.2) is 0 Å². The van der Waals surface area contributed by atoms with Gasteiger partial charge in [0.05, 0.1) is 6.04 Å². The maximum Gasteiger partial charge on any atom is 0.387 e. The largest absolute Gasteiger partial charge is 0.434 e. The molecule has 0 bridgehead atoms. The molecule has 1 N–H and O–H groups in total. The van der Waals surface area contributed by atoms with Crippen LogP contribution in [0, 0.1) is 0 Å². The maximum atomic E-state index is 12.4. The van der Waals surface area contributed by atoms with E-state index in [0.29, 0.717) is 10.0 Å². The van der Waals surface area contributed by atoms with Crippen LogP contribution in [0.2, 0.25) is 0 Å². The van der Waals surface area contributed by atoms with Gasteiger partial charge in [-0.15, -0.1) is 0 Å². The van der Waals surface area contributed by atoms with Crippen LogP contribution in [0.3, 0.4) is 0 Å². The molecule has 0 fully saturated rings. The third-order valence-electron chi connectivity index (χ3n) is 3.26. The van der Waals surface area contributed by atoms with E-state index in [4.69, 9.17) is 0 Å². The lowest BCUT2D eigenvalue weighted by atomic mass is 10.1. The summed E-state index contributed by atoms with van der Waals surface area (Å²) >= 11 is 3.26. The zero-order chi connectivity index (χ0) is 17.5. The molecule has 0 unspecified atom stereocenters. The number of hydrogen-bond acceptors (Lipinski definition) is 2. The van der Waals surface area contributed by atoms with Crippen molar-refractivity contribution in [2.24, 2.45) is 0 Å².